The number of hydrogen-bond donors (Lipinski definition) is 2. The largest absolute Gasteiger partial charge is 0.490 e. The molecule has 1 saturated heterocycles. The fourth-order valence-electron chi connectivity index (χ4n) is 3.39. The third-order valence-corrected chi connectivity index (χ3v) is 4.42. The molecule has 1 saturated carbocycles. The lowest BCUT2D eigenvalue weighted by Crippen LogP contribution is -2.41. The van der Waals surface area contributed by atoms with E-state index in [2.05, 4.69) is 0 Å². The Morgan fingerprint density at radius 3 is 2.80 bits per heavy atom. The van der Waals surface area contributed by atoms with Gasteiger partial charge in [-0.25, -0.2) is 0 Å². The van der Waals surface area contributed by atoms with E-state index in [4.69, 9.17) is 9.47 Å². The van der Waals surface area contributed by atoms with E-state index < -0.39 is 7.12 Å². The van der Waals surface area contributed by atoms with Gasteiger partial charge in [0.1, 0.15) is 11.9 Å². The van der Waals surface area contributed by atoms with Crippen LogP contribution >= 0.6 is 0 Å². The van der Waals surface area contributed by atoms with Gasteiger partial charge in [-0.1, -0.05) is 25.0 Å². The zero-order valence-electron chi connectivity index (χ0n) is 11.6. The van der Waals surface area contributed by atoms with Crippen LogP contribution in [0.4, 0.5) is 0 Å². The highest BCUT2D eigenvalue weighted by Crippen LogP contribution is 2.40. The molecule has 0 aromatic heterocycles. The third-order valence-electron chi connectivity index (χ3n) is 4.42. The summed E-state index contributed by atoms with van der Waals surface area (Å²) in [6, 6.07) is 7.03. The minimum Gasteiger partial charge on any atom is -0.490 e. The molecule has 1 unspecified atom stereocenters. The molecule has 1 atom stereocenters. The van der Waals surface area contributed by atoms with Crippen LogP contribution in [0.15, 0.2) is 24.3 Å². The second-order valence-corrected chi connectivity index (χ2v) is 5.92. The summed E-state index contributed by atoms with van der Waals surface area (Å²) in [5.74, 6) is 0.704. The van der Waals surface area contributed by atoms with Crippen molar-refractivity contribution in [3.8, 4) is 5.75 Å². The maximum Gasteiger partial charge on any atom is 0.488 e. The second-order valence-electron chi connectivity index (χ2n) is 5.92. The molecule has 3 rings (SSSR count). The summed E-state index contributed by atoms with van der Waals surface area (Å²) in [6.45, 7) is 0.757. The molecule has 4 nitrogen and oxygen atoms in total. The molecule has 1 aliphatic heterocycles. The van der Waals surface area contributed by atoms with Crippen molar-refractivity contribution >= 4 is 12.6 Å². The number of rotatable bonds is 3. The molecule has 0 radical (unpaired) electrons. The van der Waals surface area contributed by atoms with Gasteiger partial charge in [0.25, 0.3) is 0 Å². The van der Waals surface area contributed by atoms with Gasteiger partial charge in [0.05, 0.1) is 12.2 Å². The Balaban J connectivity index is 1.66. The van der Waals surface area contributed by atoms with Crippen LogP contribution in [-0.4, -0.2) is 35.5 Å². The molecule has 1 heterocycles. The van der Waals surface area contributed by atoms with Crippen molar-refractivity contribution in [3.63, 3.8) is 0 Å². The van der Waals surface area contributed by atoms with Crippen LogP contribution in [-0.2, 0) is 4.74 Å². The quantitative estimate of drug-likeness (QED) is 0.815. The molecule has 20 heavy (non-hydrogen) atoms. The Labute approximate surface area is 119 Å². The van der Waals surface area contributed by atoms with Crippen molar-refractivity contribution in [2.45, 2.75) is 50.2 Å². The highest BCUT2D eigenvalue weighted by atomic mass is 16.5. The summed E-state index contributed by atoms with van der Waals surface area (Å²) >= 11 is 0. The van der Waals surface area contributed by atoms with Crippen LogP contribution in [0.3, 0.4) is 0 Å². The van der Waals surface area contributed by atoms with Crippen LogP contribution in [0.1, 0.15) is 38.5 Å². The Morgan fingerprint density at radius 2 is 2.05 bits per heavy atom. The third kappa shape index (κ3) is 3.00. The summed E-state index contributed by atoms with van der Waals surface area (Å²) < 4.78 is 12.0. The maximum absolute atomic E-state index is 9.20. The van der Waals surface area contributed by atoms with Crippen molar-refractivity contribution in [1.82, 2.24) is 0 Å². The molecule has 2 fully saturated rings. The first-order valence-corrected chi connectivity index (χ1v) is 7.44. The topological polar surface area (TPSA) is 58.9 Å². The molecule has 1 aromatic rings. The smallest absolute Gasteiger partial charge is 0.488 e. The average molecular weight is 276 g/mol. The van der Waals surface area contributed by atoms with Gasteiger partial charge < -0.3 is 19.5 Å². The minimum absolute atomic E-state index is 0.0387. The van der Waals surface area contributed by atoms with E-state index in [0.717, 1.165) is 32.3 Å². The van der Waals surface area contributed by atoms with Crippen LogP contribution in [0.5, 0.6) is 5.75 Å². The van der Waals surface area contributed by atoms with E-state index in [0.29, 0.717) is 11.2 Å². The highest BCUT2D eigenvalue weighted by molar-refractivity contribution is 6.58. The molecule has 2 N–H and O–H groups in total. The number of benzene rings is 1. The minimum atomic E-state index is -1.45. The summed E-state index contributed by atoms with van der Waals surface area (Å²) in [6.07, 6.45) is 6.78. The lowest BCUT2D eigenvalue weighted by Gasteiger charge is -2.38. The van der Waals surface area contributed by atoms with E-state index in [-0.39, 0.29) is 11.7 Å². The zero-order chi connectivity index (χ0) is 14.0. The molecule has 5 heteroatoms. The normalized spacial score (nSPS) is 24.8. The van der Waals surface area contributed by atoms with Crippen LogP contribution in [0.2, 0.25) is 0 Å². The van der Waals surface area contributed by atoms with Crippen LogP contribution < -0.4 is 10.2 Å². The monoisotopic (exact) mass is 276 g/mol. The van der Waals surface area contributed by atoms with Crippen LogP contribution in [0, 0.1) is 0 Å². The van der Waals surface area contributed by atoms with Gasteiger partial charge in [0.2, 0.25) is 0 Å². The van der Waals surface area contributed by atoms with Gasteiger partial charge in [-0.15, -0.1) is 0 Å². The molecule has 108 valence electrons. The first kappa shape index (κ1) is 13.9. The predicted octanol–water partition coefficient (Wildman–Crippen LogP) is 1.24. The molecule has 1 aliphatic carbocycles. The van der Waals surface area contributed by atoms with Crippen molar-refractivity contribution in [3.05, 3.63) is 24.3 Å². The highest BCUT2D eigenvalue weighted by Gasteiger charge is 2.40. The number of hydrogen-bond acceptors (Lipinski definition) is 4. The molecule has 2 aliphatic rings. The van der Waals surface area contributed by atoms with E-state index in [1.165, 1.54) is 12.8 Å². The van der Waals surface area contributed by atoms with Gasteiger partial charge in [0.15, 0.2) is 0 Å². The van der Waals surface area contributed by atoms with Crippen molar-refractivity contribution < 1.29 is 19.5 Å². The van der Waals surface area contributed by atoms with Crippen molar-refractivity contribution in [2.24, 2.45) is 0 Å². The molecule has 0 bridgehead atoms. The fraction of sp³-hybridized carbons (Fsp3) is 0.600. The number of ether oxygens (including phenoxy) is 2. The van der Waals surface area contributed by atoms with Gasteiger partial charge >= 0.3 is 7.12 Å². The molecular weight excluding hydrogens is 255 g/mol. The lowest BCUT2D eigenvalue weighted by atomic mass is 9.80. The second kappa shape index (κ2) is 5.76. The summed E-state index contributed by atoms with van der Waals surface area (Å²) in [4.78, 5) is 0. The van der Waals surface area contributed by atoms with Crippen molar-refractivity contribution in [2.75, 3.05) is 6.61 Å². The summed E-state index contributed by atoms with van der Waals surface area (Å²) in [5.41, 5.74) is 0.502. The molecule has 0 amide bonds. The lowest BCUT2D eigenvalue weighted by molar-refractivity contribution is -0.108. The van der Waals surface area contributed by atoms with Gasteiger partial charge in [-0.2, -0.15) is 0 Å². The maximum atomic E-state index is 9.20. The molecule has 1 spiro atoms. The Kier molecular flexibility index (Phi) is 4.01. The SMILES string of the molecule is OB(O)c1cccc(OC2CCOC3(CCCC3)C2)c1. The van der Waals surface area contributed by atoms with E-state index in [9.17, 15) is 10.0 Å². The molecular formula is C15H21BO4. The van der Waals surface area contributed by atoms with Crippen molar-refractivity contribution in [1.29, 1.82) is 0 Å². The Hall–Kier alpha value is -1.04. The Morgan fingerprint density at radius 1 is 1.25 bits per heavy atom. The van der Waals surface area contributed by atoms with E-state index >= 15 is 0 Å². The first-order chi connectivity index (χ1) is 9.67. The molecule has 1 aromatic carbocycles. The van der Waals surface area contributed by atoms with Gasteiger partial charge in [-0.05, 0) is 30.4 Å². The summed E-state index contributed by atoms with van der Waals surface area (Å²) in [5, 5.41) is 18.4. The fourth-order valence-corrected chi connectivity index (χ4v) is 3.39. The zero-order valence-corrected chi connectivity index (χ0v) is 11.6. The summed E-state index contributed by atoms with van der Waals surface area (Å²) in [7, 11) is -1.45. The van der Waals surface area contributed by atoms with Gasteiger partial charge in [0, 0.05) is 12.8 Å². The first-order valence-electron chi connectivity index (χ1n) is 7.44. The Bertz CT molecular complexity index is 457. The predicted molar refractivity (Wildman–Crippen MR) is 77.1 cm³/mol. The average Bonchev–Trinajstić information content (AvgIpc) is 2.87. The van der Waals surface area contributed by atoms with E-state index in [1.54, 1.807) is 18.2 Å². The van der Waals surface area contributed by atoms with Gasteiger partial charge in [-0.3, -0.25) is 0 Å². The van der Waals surface area contributed by atoms with Crippen LogP contribution in [0.25, 0.3) is 0 Å². The standard InChI is InChI=1S/C15H21BO4/c17-16(18)12-4-3-5-13(10-12)20-14-6-9-19-15(11-14)7-1-2-8-15/h3-5,10,14,17-18H,1-2,6-9,11H2. The van der Waals surface area contributed by atoms with E-state index in [1.807, 2.05) is 6.07 Å².